The summed E-state index contributed by atoms with van der Waals surface area (Å²) in [7, 11) is 0. The summed E-state index contributed by atoms with van der Waals surface area (Å²) in [4.78, 5) is 37.2. The van der Waals surface area contributed by atoms with Gasteiger partial charge in [-0.3, -0.25) is 4.79 Å². The van der Waals surface area contributed by atoms with Crippen molar-refractivity contribution in [3.05, 3.63) is 59.7 Å². The van der Waals surface area contributed by atoms with Crippen LogP contribution in [0.4, 0.5) is 4.79 Å². The fraction of sp³-hybridized carbons (Fsp3) is 0.444. The molecule has 5 rings (SSSR count). The van der Waals surface area contributed by atoms with Crippen molar-refractivity contribution in [1.29, 1.82) is 0 Å². The molecule has 2 aromatic rings. The quantitative estimate of drug-likeness (QED) is 0.567. The third kappa shape index (κ3) is 4.27. The van der Waals surface area contributed by atoms with Crippen LogP contribution in [0.15, 0.2) is 48.5 Å². The van der Waals surface area contributed by atoms with E-state index in [2.05, 4.69) is 34.9 Å². The molecule has 0 saturated heterocycles. The van der Waals surface area contributed by atoms with E-state index in [1.54, 1.807) is 0 Å². The third-order valence-corrected chi connectivity index (χ3v) is 7.56. The van der Waals surface area contributed by atoms with Crippen molar-refractivity contribution in [2.45, 2.75) is 68.4 Å². The van der Waals surface area contributed by atoms with Crippen LogP contribution in [-0.4, -0.2) is 40.8 Å². The summed E-state index contributed by atoms with van der Waals surface area (Å²) in [6.07, 6.45) is 4.31. The first-order chi connectivity index (χ1) is 16.4. The van der Waals surface area contributed by atoms with E-state index in [0.29, 0.717) is 25.7 Å². The average molecular weight is 463 g/mol. The molecular formula is C27H30N2O5. The Hall–Kier alpha value is -3.35. The third-order valence-electron chi connectivity index (χ3n) is 7.56. The van der Waals surface area contributed by atoms with Gasteiger partial charge in [0.05, 0.1) is 5.54 Å². The molecule has 2 fully saturated rings. The molecule has 0 atom stereocenters. The van der Waals surface area contributed by atoms with Crippen LogP contribution in [-0.2, 0) is 14.3 Å². The van der Waals surface area contributed by atoms with E-state index in [1.807, 2.05) is 24.3 Å². The number of alkyl carbamates (subject to hydrolysis) is 1. The SMILES string of the molecule is O=C(CC1(NC(=O)OCC2c3ccccc3-c3ccccc32)CC1)NC1(C(=O)O)CCCCC1. The van der Waals surface area contributed by atoms with Gasteiger partial charge >= 0.3 is 12.1 Å². The molecule has 2 aromatic carbocycles. The maximum atomic E-state index is 12.7. The number of carbonyl (C=O) groups is 3. The van der Waals surface area contributed by atoms with E-state index < -0.39 is 23.1 Å². The second-order valence-corrected chi connectivity index (χ2v) is 9.90. The van der Waals surface area contributed by atoms with E-state index in [1.165, 1.54) is 0 Å². The molecule has 2 saturated carbocycles. The Morgan fingerprint density at radius 2 is 1.44 bits per heavy atom. The van der Waals surface area contributed by atoms with Gasteiger partial charge in [0.15, 0.2) is 0 Å². The number of aliphatic carboxylic acids is 1. The van der Waals surface area contributed by atoms with Crippen molar-refractivity contribution in [2.75, 3.05) is 6.61 Å². The molecule has 7 heteroatoms. The van der Waals surface area contributed by atoms with Crippen molar-refractivity contribution in [2.24, 2.45) is 0 Å². The summed E-state index contributed by atoms with van der Waals surface area (Å²) in [5, 5.41) is 15.4. The summed E-state index contributed by atoms with van der Waals surface area (Å²) < 4.78 is 5.63. The number of ether oxygens (including phenoxy) is 1. The summed E-state index contributed by atoms with van der Waals surface area (Å²) in [5.41, 5.74) is 2.78. The summed E-state index contributed by atoms with van der Waals surface area (Å²) in [5.74, 6) is -1.34. The number of carboxylic acid groups (broad SMARTS) is 1. The normalized spacial score (nSPS) is 19.4. The van der Waals surface area contributed by atoms with Gasteiger partial charge < -0.3 is 20.5 Å². The molecule has 0 spiro atoms. The minimum absolute atomic E-state index is 0.0293. The van der Waals surface area contributed by atoms with Gasteiger partial charge in [0, 0.05) is 12.3 Å². The van der Waals surface area contributed by atoms with Gasteiger partial charge in [-0.15, -0.1) is 0 Å². The molecule has 0 unspecified atom stereocenters. The second kappa shape index (κ2) is 8.78. The Morgan fingerprint density at radius 1 is 0.853 bits per heavy atom. The standard InChI is InChI=1S/C27H30N2O5/c30-23(28-27(24(31)32)12-6-1-7-13-27)16-26(14-15-26)29-25(33)34-17-22-20-10-4-2-8-18(20)19-9-3-5-11-21(19)22/h2-5,8-11,22H,1,6-7,12-17H2,(H,28,30)(H,29,33)(H,31,32). The van der Waals surface area contributed by atoms with Gasteiger partial charge in [0.2, 0.25) is 5.91 Å². The lowest BCUT2D eigenvalue weighted by atomic mass is 9.81. The zero-order chi connectivity index (χ0) is 23.8. The zero-order valence-corrected chi connectivity index (χ0v) is 19.1. The average Bonchev–Trinajstić information content (AvgIpc) is 3.50. The van der Waals surface area contributed by atoms with E-state index in [-0.39, 0.29) is 24.9 Å². The minimum Gasteiger partial charge on any atom is -0.480 e. The Balaban J connectivity index is 1.18. The van der Waals surface area contributed by atoms with Gasteiger partial charge in [0.1, 0.15) is 12.1 Å². The predicted molar refractivity (Wildman–Crippen MR) is 126 cm³/mol. The minimum atomic E-state index is -1.19. The van der Waals surface area contributed by atoms with Crippen molar-refractivity contribution in [1.82, 2.24) is 10.6 Å². The number of carbonyl (C=O) groups excluding carboxylic acids is 2. The van der Waals surface area contributed by atoms with Crippen molar-refractivity contribution < 1.29 is 24.2 Å². The first kappa shape index (κ1) is 22.4. The summed E-state index contributed by atoms with van der Waals surface area (Å²) in [6.45, 7) is 0.213. The smallest absolute Gasteiger partial charge is 0.407 e. The molecule has 0 radical (unpaired) electrons. The number of nitrogens with one attached hydrogen (secondary N) is 2. The van der Waals surface area contributed by atoms with E-state index >= 15 is 0 Å². The number of benzene rings is 2. The highest BCUT2D eigenvalue weighted by atomic mass is 16.5. The highest BCUT2D eigenvalue weighted by Gasteiger charge is 2.48. The number of hydrogen-bond donors (Lipinski definition) is 3. The molecule has 0 bridgehead atoms. The highest BCUT2D eigenvalue weighted by Crippen LogP contribution is 2.45. The van der Waals surface area contributed by atoms with Gasteiger partial charge in [0.25, 0.3) is 0 Å². The molecule has 178 valence electrons. The topological polar surface area (TPSA) is 105 Å². The number of rotatable bonds is 7. The number of carboxylic acids is 1. The van der Waals surface area contributed by atoms with Gasteiger partial charge in [-0.2, -0.15) is 0 Å². The monoisotopic (exact) mass is 462 g/mol. The maximum Gasteiger partial charge on any atom is 0.407 e. The molecule has 3 aliphatic carbocycles. The van der Waals surface area contributed by atoms with Crippen LogP contribution in [0, 0.1) is 0 Å². The Kier molecular flexibility index (Phi) is 5.80. The van der Waals surface area contributed by atoms with Crippen LogP contribution >= 0.6 is 0 Å². The predicted octanol–water partition coefficient (Wildman–Crippen LogP) is 4.35. The first-order valence-corrected chi connectivity index (χ1v) is 12.1. The van der Waals surface area contributed by atoms with Gasteiger partial charge in [-0.05, 0) is 47.9 Å². The van der Waals surface area contributed by atoms with E-state index in [4.69, 9.17) is 4.74 Å². The molecule has 7 nitrogen and oxygen atoms in total. The maximum absolute atomic E-state index is 12.7. The van der Waals surface area contributed by atoms with Crippen LogP contribution < -0.4 is 10.6 Å². The van der Waals surface area contributed by atoms with E-state index in [0.717, 1.165) is 41.5 Å². The summed E-state index contributed by atoms with van der Waals surface area (Å²) in [6, 6.07) is 16.3. The fourth-order valence-electron chi connectivity index (χ4n) is 5.51. The van der Waals surface area contributed by atoms with Crippen molar-refractivity contribution in [3.63, 3.8) is 0 Å². The number of hydrogen-bond acceptors (Lipinski definition) is 4. The molecule has 0 aromatic heterocycles. The van der Waals surface area contributed by atoms with Crippen LogP contribution in [0.25, 0.3) is 11.1 Å². The molecule has 0 aliphatic heterocycles. The largest absolute Gasteiger partial charge is 0.480 e. The zero-order valence-electron chi connectivity index (χ0n) is 19.1. The highest BCUT2D eigenvalue weighted by molar-refractivity contribution is 5.88. The van der Waals surface area contributed by atoms with Crippen LogP contribution in [0.5, 0.6) is 0 Å². The first-order valence-electron chi connectivity index (χ1n) is 12.1. The lowest BCUT2D eigenvalue weighted by Gasteiger charge is -2.34. The summed E-state index contributed by atoms with van der Waals surface area (Å²) >= 11 is 0. The van der Waals surface area contributed by atoms with Crippen LogP contribution in [0.2, 0.25) is 0 Å². The Morgan fingerprint density at radius 3 is 2.00 bits per heavy atom. The van der Waals surface area contributed by atoms with Crippen LogP contribution in [0.1, 0.15) is 68.4 Å². The fourth-order valence-corrected chi connectivity index (χ4v) is 5.51. The second-order valence-electron chi connectivity index (χ2n) is 9.90. The number of amides is 2. The molecule has 3 aliphatic rings. The molecule has 34 heavy (non-hydrogen) atoms. The van der Waals surface area contributed by atoms with Crippen molar-refractivity contribution >= 4 is 18.0 Å². The Bertz CT molecular complexity index is 1070. The molecular weight excluding hydrogens is 432 g/mol. The lowest BCUT2D eigenvalue weighted by Crippen LogP contribution is -2.56. The Labute approximate surface area is 198 Å². The van der Waals surface area contributed by atoms with Crippen molar-refractivity contribution in [3.8, 4) is 11.1 Å². The van der Waals surface area contributed by atoms with Gasteiger partial charge in [-0.25, -0.2) is 9.59 Å². The lowest BCUT2D eigenvalue weighted by molar-refractivity contribution is -0.149. The molecule has 2 amide bonds. The molecule has 3 N–H and O–H groups in total. The van der Waals surface area contributed by atoms with Gasteiger partial charge in [-0.1, -0.05) is 67.8 Å². The van der Waals surface area contributed by atoms with E-state index in [9.17, 15) is 19.5 Å². The number of fused-ring (bicyclic) bond motifs is 3. The molecule has 0 heterocycles. The van der Waals surface area contributed by atoms with Crippen LogP contribution in [0.3, 0.4) is 0 Å².